The second kappa shape index (κ2) is 7.33. The van der Waals surface area contributed by atoms with Gasteiger partial charge in [0.2, 0.25) is 0 Å². The van der Waals surface area contributed by atoms with Crippen molar-refractivity contribution in [2.45, 2.75) is 12.5 Å². The summed E-state index contributed by atoms with van der Waals surface area (Å²) in [7, 11) is 1.68. The van der Waals surface area contributed by atoms with Crippen molar-refractivity contribution in [2.24, 2.45) is 0 Å². The van der Waals surface area contributed by atoms with Crippen LogP contribution in [0.5, 0.6) is 0 Å². The first-order chi connectivity index (χ1) is 10.1. The van der Waals surface area contributed by atoms with Gasteiger partial charge >= 0.3 is 0 Å². The van der Waals surface area contributed by atoms with Gasteiger partial charge < -0.3 is 10.0 Å². The Hall–Kier alpha value is -1.72. The summed E-state index contributed by atoms with van der Waals surface area (Å²) in [4.78, 5) is 17.7. The van der Waals surface area contributed by atoms with E-state index in [2.05, 4.69) is 20.9 Å². The highest BCUT2D eigenvalue weighted by atomic mass is 79.9. The molecule has 1 amide bonds. The van der Waals surface area contributed by atoms with E-state index < -0.39 is 6.10 Å². The van der Waals surface area contributed by atoms with E-state index in [9.17, 15) is 9.90 Å². The summed E-state index contributed by atoms with van der Waals surface area (Å²) in [6.45, 7) is 0.278. The van der Waals surface area contributed by atoms with Crippen molar-refractivity contribution in [3.63, 3.8) is 0 Å². The molecule has 1 atom stereocenters. The Balaban J connectivity index is 1.94. The smallest absolute Gasteiger partial charge is 0.255 e. The summed E-state index contributed by atoms with van der Waals surface area (Å²) in [5.74, 6) is -0.157. The molecule has 0 aliphatic rings. The summed E-state index contributed by atoms with van der Waals surface area (Å²) in [6.07, 6.45) is 3.07. The molecule has 1 heterocycles. The van der Waals surface area contributed by atoms with E-state index in [4.69, 9.17) is 0 Å². The molecule has 5 heteroatoms. The highest BCUT2D eigenvalue weighted by Crippen LogP contribution is 2.12. The van der Waals surface area contributed by atoms with E-state index in [1.54, 1.807) is 19.3 Å². The topological polar surface area (TPSA) is 53.4 Å². The maximum Gasteiger partial charge on any atom is 0.255 e. The number of carbonyl (C=O) groups excluding carboxylic acids is 1. The van der Waals surface area contributed by atoms with Crippen molar-refractivity contribution in [3.8, 4) is 0 Å². The molecule has 0 radical (unpaired) electrons. The van der Waals surface area contributed by atoms with Crippen LogP contribution in [0.1, 0.15) is 15.9 Å². The molecule has 0 fully saturated rings. The first kappa shape index (κ1) is 15.7. The predicted molar refractivity (Wildman–Crippen MR) is 85.1 cm³/mol. The maximum atomic E-state index is 12.2. The highest BCUT2D eigenvalue weighted by Gasteiger charge is 2.16. The standard InChI is InChI=1S/C16H17BrN2O2/c1-19(16(21)13-8-14(17)10-18-9-13)11-15(20)7-12-5-3-2-4-6-12/h2-6,8-10,15,20H,7,11H2,1H3. The molecule has 110 valence electrons. The molecular formula is C16H17BrN2O2. The summed E-state index contributed by atoms with van der Waals surface area (Å²) < 4.78 is 0.756. The monoisotopic (exact) mass is 348 g/mol. The fourth-order valence-corrected chi connectivity index (χ4v) is 2.46. The zero-order chi connectivity index (χ0) is 15.2. The van der Waals surface area contributed by atoms with Gasteiger partial charge in [-0.15, -0.1) is 0 Å². The minimum atomic E-state index is -0.596. The van der Waals surface area contributed by atoms with Crippen molar-refractivity contribution in [1.29, 1.82) is 0 Å². The lowest BCUT2D eigenvalue weighted by Gasteiger charge is -2.21. The molecule has 1 aromatic heterocycles. The third kappa shape index (κ3) is 4.65. The van der Waals surface area contributed by atoms with Crippen LogP contribution in [-0.2, 0) is 6.42 Å². The van der Waals surface area contributed by atoms with Gasteiger partial charge in [-0.25, -0.2) is 0 Å². The molecule has 0 aliphatic heterocycles. The molecule has 4 nitrogen and oxygen atoms in total. The fourth-order valence-electron chi connectivity index (χ4n) is 2.10. The SMILES string of the molecule is CN(CC(O)Cc1ccccc1)C(=O)c1cncc(Br)c1. The lowest BCUT2D eigenvalue weighted by Crippen LogP contribution is -2.35. The number of rotatable bonds is 5. The van der Waals surface area contributed by atoms with Gasteiger partial charge in [-0.1, -0.05) is 30.3 Å². The van der Waals surface area contributed by atoms with Crippen molar-refractivity contribution in [1.82, 2.24) is 9.88 Å². The van der Waals surface area contributed by atoms with E-state index in [0.717, 1.165) is 10.0 Å². The van der Waals surface area contributed by atoms with Crippen LogP contribution in [0.4, 0.5) is 0 Å². The lowest BCUT2D eigenvalue weighted by atomic mass is 10.1. The zero-order valence-corrected chi connectivity index (χ0v) is 13.3. The molecule has 2 rings (SSSR count). The summed E-state index contributed by atoms with van der Waals surface area (Å²) >= 11 is 3.29. The molecule has 1 unspecified atom stereocenters. The Morgan fingerprint density at radius 1 is 1.33 bits per heavy atom. The minimum absolute atomic E-state index is 0.157. The number of benzene rings is 1. The van der Waals surface area contributed by atoms with Crippen LogP contribution in [0.25, 0.3) is 0 Å². The van der Waals surface area contributed by atoms with Crippen molar-refractivity contribution in [2.75, 3.05) is 13.6 Å². The second-order valence-corrected chi connectivity index (χ2v) is 5.84. The number of aromatic nitrogens is 1. The zero-order valence-electron chi connectivity index (χ0n) is 11.7. The second-order valence-electron chi connectivity index (χ2n) is 4.92. The molecule has 21 heavy (non-hydrogen) atoms. The van der Waals surface area contributed by atoms with Gasteiger partial charge in [-0.2, -0.15) is 0 Å². The van der Waals surface area contributed by atoms with Gasteiger partial charge in [0.1, 0.15) is 0 Å². The Bertz CT molecular complexity index is 604. The number of likely N-dealkylation sites (N-methyl/N-ethyl adjacent to an activating group) is 1. The van der Waals surface area contributed by atoms with E-state index in [-0.39, 0.29) is 12.5 Å². The number of halogens is 1. The Morgan fingerprint density at radius 3 is 2.71 bits per heavy atom. The third-order valence-electron chi connectivity index (χ3n) is 3.10. The molecular weight excluding hydrogens is 332 g/mol. The van der Waals surface area contributed by atoms with Crippen molar-refractivity contribution in [3.05, 3.63) is 64.4 Å². The summed E-state index contributed by atoms with van der Waals surface area (Å²) in [6, 6.07) is 11.4. The molecule has 2 aromatic rings. The normalized spacial score (nSPS) is 12.0. The first-order valence-electron chi connectivity index (χ1n) is 6.64. The van der Waals surface area contributed by atoms with E-state index >= 15 is 0 Å². The Morgan fingerprint density at radius 2 is 2.05 bits per heavy atom. The molecule has 0 saturated carbocycles. The van der Waals surface area contributed by atoms with Crippen LogP contribution in [0.3, 0.4) is 0 Å². The number of hydrogen-bond acceptors (Lipinski definition) is 3. The van der Waals surface area contributed by atoms with Gasteiger partial charge in [-0.3, -0.25) is 9.78 Å². The van der Waals surface area contributed by atoms with Gasteiger partial charge in [0.25, 0.3) is 5.91 Å². The van der Waals surface area contributed by atoms with Gasteiger partial charge in [0, 0.05) is 36.9 Å². The molecule has 0 aliphatic carbocycles. The number of aliphatic hydroxyl groups is 1. The van der Waals surface area contributed by atoms with E-state index in [1.807, 2.05) is 30.3 Å². The third-order valence-corrected chi connectivity index (χ3v) is 3.53. The molecule has 0 saturated heterocycles. The van der Waals surface area contributed by atoms with Crippen LogP contribution in [0, 0.1) is 0 Å². The predicted octanol–water partition coefficient (Wildman–Crippen LogP) is 2.52. The van der Waals surface area contributed by atoms with Gasteiger partial charge in [-0.05, 0) is 27.6 Å². The molecule has 1 aromatic carbocycles. The van der Waals surface area contributed by atoms with Gasteiger partial charge in [0.15, 0.2) is 0 Å². The molecule has 1 N–H and O–H groups in total. The van der Waals surface area contributed by atoms with E-state index in [0.29, 0.717) is 12.0 Å². The number of amides is 1. The maximum absolute atomic E-state index is 12.2. The van der Waals surface area contributed by atoms with Crippen LogP contribution in [0.2, 0.25) is 0 Å². The number of pyridine rings is 1. The Kier molecular flexibility index (Phi) is 5.47. The summed E-state index contributed by atoms with van der Waals surface area (Å²) in [5.41, 5.74) is 1.55. The molecule has 0 spiro atoms. The minimum Gasteiger partial charge on any atom is -0.391 e. The lowest BCUT2D eigenvalue weighted by molar-refractivity contribution is 0.0681. The Labute approximate surface area is 132 Å². The number of aliphatic hydroxyl groups excluding tert-OH is 1. The quantitative estimate of drug-likeness (QED) is 0.903. The van der Waals surface area contributed by atoms with Crippen LogP contribution < -0.4 is 0 Å². The fraction of sp³-hybridized carbons (Fsp3) is 0.250. The van der Waals surface area contributed by atoms with Gasteiger partial charge in [0.05, 0.1) is 11.7 Å². The largest absolute Gasteiger partial charge is 0.391 e. The van der Waals surface area contributed by atoms with Crippen LogP contribution >= 0.6 is 15.9 Å². The van der Waals surface area contributed by atoms with E-state index in [1.165, 1.54) is 11.1 Å². The molecule has 0 bridgehead atoms. The average Bonchev–Trinajstić information content (AvgIpc) is 2.47. The first-order valence-corrected chi connectivity index (χ1v) is 7.43. The number of hydrogen-bond donors (Lipinski definition) is 1. The van der Waals surface area contributed by atoms with Crippen molar-refractivity contribution < 1.29 is 9.90 Å². The highest BCUT2D eigenvalue weighted by molar-refractivity contribution is 9.10. The summed E-state index contributed by atoms with van der Waals surface area (Å²) in [5, 5.41) is 10.1. The van der Waals surface area contributed by atoms with Crippen LogP contribution in [0.15, 0.2) is 53.3 Å². The number of nitrogens with zero attached hydrogens (tertiary/aromatic N) is 2. The van der Waals surface area contributed by atoms with Crippen molar-refractivity contribution >= 4 is 21.8 Å². The number of carbonyl (C=O) groups is 1. The average molecular weight is 349 g/mol. The van der Waals surface area contributed by atoms with Crippen LogP contribution in [-0.4, -0.2) is 40.6 Å².